The highest BCUT2D eigenvalue weighted by Crippen LogP contribution is 2.11. The Bertz CT molecular complexity index is 189. The highest BCUT2D eigenvalue weighted by Gasteiger charge is 2.18. The molecule has 0 aliphatic carbocycles. The summed E-state index contributed by atoms with van der Waals surface area (Å²) in [5, 5.41) is 0.540. The average molecular weight is 235 g/mol. The summed E-state index contributed by atoms with van der Waals surface area (Å²) in [6.45, 7) is 7.38. The lowest BCUT2D eigenvalue weighted by Gasteiger charge is -2.19. The topological polar surface area (TPSA) is 26.3 Å². The van der Waals surface area contributed by atoms with E-state index in [4.69, 9.17) is 4.74 Å². The summed E-state index contributed by atoms with van der Waals surface area (Å²) in [4.78, 5) is 11.3. The second-order valence-corrected chi connectivity index (χ2v) is 4.01. The fraction of sp³-hybridized carbons (Fsp3) is 0.667. The highest BCUT2D eigenvalue weighted by atomic mass is 79.9. The van der Waals surface area contributed by atoms with Gasteiger partial charge < -0.3 is 4.74 Å². The van der Waals surface area contributed by atoms with E-state index in [0.717, 1.165) is 0 Å². The van der Waals surface area contributed by atoms with Gasteiger partial charge in [-0.25, -0.2) is 4.79 Å². The van der Waals surface area contributed by atoms with Crippen molar-refractivity contribution in [1.29, 1.82) is 0 Å². The highest BCUT2D eigenvalue weighted by molar-refractivity contribution is 9.09. The molecule has 12 heavy (non-hydrogen) atoms. The first-order valence-electron chi connectivity index (χ1n) is 3.85. The second-order valence-electron chi connectivity index (χ2n) is 3.45. The van der Waals surface area contributed by atoms with Gasteiger partial charge in [0.1, 0.15) is 5.60 Å². The van der Waals surface area contributed by atoms with Crippen molar-refractivity contribution in [3.63, 3.8) is 0 Å². The molecule has 0 rings (SSSR count). The van der Waals surface area contributed by atoms with E-state index in [1.54, 1.807) is 6.08 Å². The molecule has 0 aromatic heterocycles. The van der Waals surface area contributed by atoms with E-state index in [1.807, 2.05) is 27.7 Å². The Morgan fingerprint density at radius 2 is 2.00 bits per heavy atom. The van der Waals surface area contributed by atoms with Crippen molar-refractivity contribution in [3.8, 4) is 0 Å². The third-order valence-corrected chi connectivity index (χ3v) is 1.76. The van der Waals surface area contributed by atoms with E-state index >= 15 is 0 Å². The standard InChI is InChI=1S/C9H15BrO2/c1-5-7(6-10)8(11)12-9(2,3)4/h5H,6H2,1-4H3. The smallest absolute Gasteiger partial charge is 0.335 e. The average Bonchev–Trinajstić information content (AvgIpc) is 1.85. The molecular formula is C9H15BrO2. The number of hydrogen-bond acceptors (Lipinski definition) is 2. The zero-order chi connectivity index (χ0) is 9.78. The normalized spacial score (nSPS) is 12.9. The number of hydrogen-bond donors (Lipinski definition) is 0. The summed E-state index contributed by atoms with van der Waals surface area (Å²) < 4.78 is 5.14. The molecule has 0 aliphatic rings. The predicted octanol–water partition coefficient (Wildman–Crippen LogP) is 2.67. The Morgan fingerprint density at radius 3 is 2.25 bits per heavy atom. The van der Waals surface area contributed by atoms with Gasteiger partial charge in [0.05, 0.1) is 0 Å². The molecule has 0 saturated carbocycles. The van der Waals surface area contributed by atoms with Gasteiger partial charge >= 0.3 is 5.97 Å². The number of halogens is 1. The lowest BCUT2D eigenvalue weighted by Crippen LogP contribution is -2.25. The van der Waals surface area contributed by atoms with E-state index in [-0.39, 0.29) is 5.97 Å². The number of ether oxygens (including phenoxy) is 1. The molecule has 0 aromatic rings. The lowest BCUT2D eigenvalue weighted by atomic mass is 10.2. The van der Waals surface area contributed by atoms with Crippen LogP contribution in [0.1, 0.15) is 27.7 Å². The van der Waals surface area contributed by atoms with Crippen LogP contribution in [0.3, 0.4) is 0 Å². The molecule has 0 unspecified atom stereocenters. The number of rotatable bonds is 2. The molecule has 0 heterocycles. The Hall–Kier alpha value is -0.310. The molecule has 0 N–H and O–H groups in total. The zero-order valence-corrected chi connectivity index (χ0v) is 9.56. The van der Waals surface area contributed by atoms with Gasteiger partial charge in [0.25, 0.3) is 0 Å². The van der Waals surface area contributed by atoms with Crippen molar-refractivity contribution in [2.75, 3.05) is 5.33 Å². The summed E-state index contributed by atoms with van der Waals surface area (Å²) in [5.74, 6) is -0.248. The molecule has 2 nitrogen and oxygen atoms in total. The van der Waals surface area contributed by atoms with Crippen LogP contribution >= 0.6 is 15.9 Å². The maximum atomic E-state index is 11.3. The molecule has 0 atom stereocenters. The number of allylic oxidation sites excluding steroid dienone is 1. The quantitative estimate of drug-likeness (QED) is 0.418. The van der Waals surface area contributed by atoms with Gasteiger partial charge in [-0.05, 0) is 27.7 Å². The maximum Gasteiger partial charge on any atom is 0.335 e. The molecule has 0 saturated heterocycles. The van der Waals surface area contributed by atoms with Crippen molar-refractivity contribution in [2.45, 2.75) is 33.3 Å². The number of carbonyl (C=O) groups is 1. The first kappa shape index (κ1) is 11.7. The third-order valence-electron chi connectivity index (χ3n) is 1.15. The minimum absolute atomic E-state index is 0.248. The molecule has 0 fully saturated rings. The van der Waals surface area contributed by atoms with Crippen LogP contribution in [0.15, 0.2) is 11.6 Å². The van der Waals surface area contributed by atoms with Gasteiger partial charge in [-0.3, -0.25) is 0 Å². The van der Waals surface area contributed by atoms with Gasteiger partial charge in [-0.1, -0.05) is 22.0 Å². The van der Waals surface area contributed by atoms with Crippen LogP contribution in [0.2, 0.25) is 0 Å². The Balaban J connectivity index is 4.23. The van der Waals surface area contributed by atoms with Gasteiger partial charge in [0.15, 0.2) is 0 Å². The fourth-order valence-electron chi connectivity index (χ4n) is 0.593. The summed E-state index contributed by atoms with van der Waals surface area (Å²) >= 11 is 3.22. The Labute approximate surface area is 82.1 Å². The van der Waals surface area contributed by atoms with Crippen molar-refractivity contribution in [3.05, 3.63) is 11.6 Å². The van der Waals surface area contributed by atoms with Crippen LogP contribution in [-0.4, -0.2) is 16.9 Å². The largest absolute Gasteiger partial charge is 0.457 e. The number of alkyl halides is 1. The molecule has 0 spiro atoms. The molecule has 0 bridgehead atoms. The van der Waals surface area contributed by atoms with E-state index in [9.17, 15) is 4.79 Å². The van der Waals surface area contributed by atoms with Crippen LogP contribution < -0.4 is 0 Å². The van der Waals surface area contributed by atoms with Crippen LogP contribution in [0.4, 0.5) is 0 Å². The van der Waals surface area contributed by atoms with Crippen LogP contribution in [0.5, 0.6) is 0 Å². The monoisotopic (exact) mass is 234 g/mol. The summed E-state index contributed by atoms with van der Waals surface area (Å²) in [5.41, 5.74) is 0.248. The van der Waals surface area contributed by atoms with E-state index in [2.05, 4.69) is 15.9 Å². The lowest BCUT2D eigenvalue weighted by molar-refractivity contribution is -0.149. The molecule has 70 valence electrons. The van der Waals surface area contributed by atoms with Crippen molar-refractivity contribution in [2.24, 2.45) is 0 Å². The molecular weight excluding hydrogens is 220 g/mol. The first-order valence-corrected chi connectivity index (χ1v) is 4.97. The third kappa shape index (κ3) is 4.54. The summed E-state index contributed by atoms with van der Waals surface area (Å²) in [6.07, 6.45) is 1.75. The minimum atomic E-state index is -0.409. The SMILES string of the molecule is CC=C(CBr)C(=O)OC(C)(C)C. The van der Waals surface area contributed by atoms with Crippen LogP contribution in [0, 0.1) is 0 Å². The summed E-state index contributed by atoms with van der Waals surface area (Å²) in [6, 6.07) is 0. The molecule has 0 amide bonds. The van der Waals surface area contributed by atoms with E-state index in [1.165, 1.54) is 0 Å². The predicted molar refractivity (Wildman–Crippen MR) is 53.4 cm³/mol. The van der Waals surface area contributed by atoms with Gasteiger partial charge in [-0.15, -0.1) is 0 Å². The Kier molecular flexibility index (Phi) is 4.53. The zero-order valence-electron chi connectivity index (χ0n) is 7.98. The number of carbonyl (C=O) groups excluding carboxylic acids is 1. The minimum Gasteiger partial charge on any atom is -0.457 e. The second kappa shape index (κ2) is 4.65. The van der Waals surface area contributed by atoms with Gasteiger partial charge in [-0.2, -0.15) is 0 Å². The van der Waals surface area contributed by atoms with Crippen LogP contribution in [0.25, 0.3) is 0 Å². The van der Waals surface area contributed by atoms with Crippen molar-refractivity contribution >= 4 is 21.9 Å². The molecule has 0 radical (unpaired) electrons. The summed E-state index contributed by atoms with van der Waals surface area (Å²) in [7, 11) is 0. The Morgan fingerprint density at radius 1 is 1.50 bits per heavy atom. The van der Waals surface area contributed by atoms with E-state index < -0.39 is 5.60 Å². The first-order chi connectivity index (χ1) is 5.40. The fourth-order valence-corrected chi connectivity index (χ4v) is 1.15. The maximum absolute atomic E-state index is 11.3. The molecule has 0 aliphatic heterocycles. The van der Waals surface area contributed by atoms with Gasteiger partial charge in [0.2, 0.25) is 0 Å². The van der Waals surface area contributed by atoms with Crippen molar-refractivity contribution < 1.29 is 9.53 Å². The van der Waals surface area contributed by atoms with Crippen molar-refractivity contribution in [1.82, 2.24) is 0 Å². The number of esters is 1. The van der Waals surface area contributed by atoms with Gasteiger partial charge in [0, 0.05) is 10.9 Å². The van der Waals surface area contributed by atoms with E-state index in [0.29, 0.717) is 10.9 Å². The van der Waals surface area contributed by atoms with Crippen LogP contribution in [-0.2, 0) is 9.53 Å². The molecule has 0 aromatic carbocycles. The molecule has 3 heteroatoms.